The summed E-state index contributed by atoms with van der Waals surface area (Å²) in [4.78, 5) is 6.25. The van der Waals surface area contributed by atoms with Gasteiger partial charge in [-0.2, -0.15) is 5.26 Å². The molecular weight excluding hydrogens is 152 g/mol. The van der Waals surface area contributed by atoms with Crippen molar-refractivity contribution in [3.63, 3.8) is 0 Å². The molecule has 1 aliphatic rings. The second-order valence-corrected chi connectivity index (χ2v) is 3.07. The maximum atomic E-state index is 8.70. The van der Waals surface area contributed by atoms with Crippen LogP contribution >= 0.6 is 0 Å². The quantitative estimate of drug-likeness (QED) is 0.547. The molecule has 0 spiro atoms. The normalized spacial score (nSPS) is 17.0. The van der Waals surface area contributed by atoms with Gasteiger partial charge in [-0.05, 0) is 7.05 Å². The number of imidazole rings is 1. The van der Waals surface area contributed by atoms with Crippen molar-refractivity contribution >= 4 is 0 Å². The molecule has 0 fully saturated rings. The van der Waals surface area contributed by atoms with Crippen LogP contribution in [0.1, 0.15) is 11.5 Å². The third kappa shape index (κ3) is 0.990. The minimum Gasteiger partial charge on any atom is -0.317 e. The number of rotatable bonds is 0. The van der Waals surface area contributed by atoms with Gasteiger partial charge in [0.15, 0.2) is 0 Å². The van der Waals surface area contributed by atoms with E-state index in [1.54, 1.807) is 6.20 Å². The molecule has 0 saturated heterocycles. The highest BCUT2D eigenvalue weighted by Crippen LogP contribution is 2.12. The molecule has 2 heterocycles. The predicted octanol–water partition coefficient (Wildman–Crippen LogP) is 0.200. The fraction of sp³-hybridized carbons (Fsp3) is 0.500. The fourth-order valence-corrected chi connectivity index (χ4v) is 1.50. The number of hydrogen-bond acceptors (Lipinski definition) is 3. The van der Waals surface area contributed by atoms with Gasteiger partial charge in [-0.25, -0.2) is 4.98 Å². The van der Waals surface area contributed by atoms with Gasteiger partial charge < -0.3 is 4.57 Å². The lowest BCUT2D eigenvalue weighted by Gasteiger charge is -2.23. The summed E-state index contributed by atoms with van der Waals surface area (Å²) in [6.45, 7) is 2.78. The lowest BCUT2D eigenvalue weighted by Crippen LogP contribution is -2.30. The van der Waals surface area contributed by atoms with Gasteiger partial charge in [0.25, 0.3) is 0 Å². The van der Waals surface area contributed by atoms with Gasteiger partial charge in [0.1, 0.15) is 6.07 Å². The van der Waals surface area contributed by atoms with Crippen LogP contribution in [-0.2, 0) is 13.1 Å². The average molecular weight is 162 g/mol. The molecule has 0 unspecified atom stereocenters. The van der Waals surface area contributed by atoms with Crippen molar-refractivity contribution in [3.05, 3.63) is 17.7 Å². The van der Waals surface area contributed by atoms with Gasteiger partial charge in [0.05, 0.1) is 11.9 Å². The number of hydrogen-bond donors (Lipinski definition) is 0. The summed E-state index contributed by atoms with van der Waals surface area (Å²) in [5, 5.41) is 8.70. The van der Waals surface area contributed by atoms with Crippen molar-refractivity contribution in [2.45, 2.75) is 13.1 Å². The Bertz CT molecular complexity index is 333. The molecule has 4 heteroatoms. The molecule has 0 amide bonds. The highest BCUT2D eigenvalue weighted by Gasteiger charge is 2.15. The fourth-order valence-electron chi connectivity index (χ4n) is 1.50. The first kappa shape index (κ1) is 7.32. The van der Waals surface area contributed by atoms with Crippen LogP contribution < -0.4 is 0 Å². The molecule has 1 aliphatic heterocycles. The van der Waals surface area contributed by atoms with Gasteiger partial charge in [-0.1, -0.05) is 0 Å². The lowest BCUT2D eigenvalue weighted by molar-refractivity contribution is 0.269. The van der Waals surface area contributed by atoms with Crippen molar-refractivity contribution < 1.29 is 0 Å². The maximum Gasteiger partial charge on any atom is 0.213 e. The summed E-state index contributed by atoms with van der Waals surface area (Å²) in [6, 6.07) is 2.08. The Morgan fingerprint density at radius 1 is 1.58 bits per heavy atom. The van der Waals surface area contributed by atoms with Gasteiger partial charge in [-0.3, -0.25) is 4.90 Å². The van der Waals surface area contributed by atoms with Crippen molar-refractivity contribution in [1.29, 1.82) is 5.26 Å². The minimum absolute atomic E-state index is 0.540. The van der Waals surface area contributed by atoms with E-state index in [2.05, 4.69) is 23.0 Å². The Kier molecular flexibility index (Phi) is 1.59. The SMILES string of the molecule is CN1CCn2c(cnc2C#N)C1. The van der Waals surface area contributed by atoms with Crippen molar-refractivity contribution in [2.24, 2.45) is 0 Å². The van der Waals surface area contributed by atoms with E-state index >= 15 is 0 Å². The monoisotopic (exact) mass is 162 g/mol. The van der Waals surface area contributed by atoms with Gasteiger partial charge >= 0.3 is 0 Å². The Morgan fingerprint density at radius 2 is 2.42 bits per heavy atom. The standard InChI is InChI=1S/C8H10N4/c1-11-2-3-12-7(6-11)5-10-8(12)4-9/h5H,2-3,6H2,1H3. The second-order valence-electron chi connectivity index (χ2n) is 3.07. The zero-order chi connectivity index (χ0) is 8.55. The Morgan fingerprint density at radius 3 is 3.17 bits per heavy atom. The molecular formula is C8H10N4. The Hall–Kier alpha value is -1.34. The van der Waals surface area contributed by atoms with E-state index in [9.17, 15) is 0 Å². The molecule has 0 N–H and O–H groups in total. The zero-order valence-electron chi connectivity index (χ0n) is 6.99. The van der Waals surface area contributed by atoms with E-state index in [4.69, 9.17) is 5.26 Å². The van der Waals surface area contributed by atoms with E-state index in [0.717, 1.165) is 25.3 Å². The number of nitrogens with zero attached hydrogens (tertiary/aromatic N) is 4. The Labute approximate surface area is 71.0 Å². The lowest BCUT2D eigenvalue weighted by atomic mass is 10.3. The summed E-state index contributed by atoms with van der Waals surface area (Å²) < 4.78 is 1.99. The zero-order valence-corrected chi connectivity index (χ0v) is 6.99. The van der Waals surface area contributed by atoms with Crippen LogP contribution in [0.25, 0.3) is 0 Å². The number of likely N-dealkylation sites (N-methyl/N-ethyl adjacent to an activating group) is 1. The number of aromatic nitrogens is 2. The van der Waals surface area contributed by atoms with Crippen molar-refractivity contribution in [1.82, 2.24) is 14.5 Å². The molecule has 0 radical (unpaired) electrons. The third-order valence-corrected chi connectivity index (χ3v) is 2.18. The van der Waals surface area contributed by atoms with E-state index in [0.29, 0.717) is 5.82 Å². The van der Waals surface area contributed by atoms with Crippen LogP contribution in [0.5, 0.6) is 0 Å². The molecule has 0 atom stereocenters. The summed E-state index contributed by atoms with van der Waals surface area (Å²) in [5.41, 5.74) is 1.14. The summed E-state index contributed by atoms with van der Waals surface area (Å²) in [6.07, 6.45) is 1.79. The number of nitriles is 1. The third-order valence-electron chi connectivity index (χ3n) is 2.18. The van der Waals surface area contributed by atoms with Gasteiger partial charge in [0, 0.05) is 19.6 Å². The smallest absolute Gasteiger partial charge is 0.213 e. The molecule has 1 aromatic rings. The molecule has 2 rings (SSSR count). The van der Waals surface area contributed by atoms with Crippen LogP contribution in [0.4, 0.5) is 0 Å². The van der Waals surface area contributed by atoms with Crippen LogP contribution in [0.2, 0.25) is 0 Å². The molecule has 0 aliphatic carbocycles. The molecule has 0 bridgehead atoms. The summed E-state index contributed by atoms with van der Waals surface area (Å²) in [5.74, 6) is 0.540. The topological polar surface area (TPSA) is 44.9 Å². The highest BCUT2D eigenvalue weighted by molar-refractivity contribution is 5.18. The number of fused-ring (bicyclic) bond motifs is 1. The van der Waals surface area contributed by atoms with E-state index in [1.165, 1.54) is 0 Å². The highest BCUT2D eigenvalue weighted by atomic mass is 15.2. The van der Waals surface area contributed by atoms with Crippen molar-refractivity contribution in [2.75, 3.05) is 13.6 Å². The van der Waals surface area contributed by atoms with Crippen molar-refractivity contribution in [3.8, 4) is 6.07 Å². The van der Waals surface area contributed by atoms with E-state index in [-0.39, 0.29) is 0 Å². The van der Waals surface area contributed by atoms with E-state index in [1.807, 2.05) is 4.57 Å². The van der Waals surface area contributed by atoms with Crippen LogP contribution in [0.3, 0.4) is 0 Å². The van der Waals surface area contributed by atoms with Crippen LogP contribution in [0.15, 0.2) is 6.20 Å². The Balaban J connectivity index is 2.40. The molecule has 12 heavy (non-hydrogen) atoms. The molecule has 0 aromatic carbocycles. The predicted molar refractivity (Wildman–Crippen MR) is 43.3 cm³/mol. The van der Waals surface area contributed by atoms with E-state index < -0.39 is 0 Å². The largest absolute Gasteiger partial charge is 0.317 e. The van der Waals surface area contributed by atoms with Gasteiger partial charge in [0.2, 0.25) is 5.82 Å². The van der Waals surface area contributed by atoms with Gasteiger partial charge in [-0.15, -0.1) is 0 Å². The molecule has 1 aromatic heterocycles. The average Bonchev–Trinajstić information content (AvgIpc) is 2.46. The molecule has 4 nitrogen and oxygen atoms in total. The summed E-state index contributed by atoms with van der Waals surface area (Å²) >= 11 is 0. The minimum atomic E-state index is 0.540. The first-order valence-corrected chi connectivity index (χ1v) is 3.94. The second kappa shape index (κ2) is 2.61. The first-order valence-electron chi connectivity index (χ1n) is 3.94. The first-order chi connectivity index (χ1) is 5.81. The van der Waals surface area contributed by atoms with Crippen LogP contribution in [0, 0.1) is 11.3 Å². The van der Waals surface area contributed by atoms with Crippen LogP contribution in [-0.4, -0.2) is 28.0 Å². The summed E-state index contributed by atoms with van der Waals surface area (Å²) in [7, 11) is 2.07. The maximum absolute atomic E-state index is 8.70. The molecule has 62 valence electrons. The molecule has 0 saturated carbocycles.